The number of nitrogens with zero attached hydrogens (tertiary/aromatic N) is 1. The Balaban J connectivity index is 1.85. The van der Waals surface area contributed by atoms with Gasteiger partial charge in [-0.05, 0) is 60.5 Å². The molecule has 0 spiro atoms. The van der Waals surface area contributed by atoms with Crippen molar-refractivity contribution in [3.8, 4) is 5.75 Å². The quantitative estimate of drug-likeness (QED) is 0.780. The molecule has 1 aromatic carbocycles. The normalized spacial score (nSPS) is 16.6. The third kappa shape index (κ3) is 2.93. The Morgan fingerprint density at radius 3 is 2.59 bits per heavy atom. The number of hydrogen-bond donors (Lipinski definition) is 0. The summed E-state index contributed by atoms with van der Waals surface area (Å²) in [5.41, 5.74) is 0.556. The summed E-state index contributed by atoms with van der Waals surface area (Å²) in [7, 11) is 0. The molecule has 0 atom stereocenters. The van der Waals surface area contributed by atoms with E-state index in [0.717, 1.165) is 16.6 Å². The van der Waals surface area contributed by atoms with Crippen molar-refractivity contribution in [2.45, 2.75) is 6.92 Å². The van der Waals surface area contributed by atoms with Gasteiger partial charge in [-0.1, -0.05) is 6.07 Å². The van der Waals surface area contributed by atoms with E-state index < -0.39 is 0 Å². The number of carbonyl (C=O) groups excluding carboxylic acids is 2. The van der Waals surface area contributed by atoms with Crippen molar-refractivity contribution < 1.29 is 14.3 Å². The minimum absolute atomic E-state index is 0.281. The van der Waals surface area contributed by atoms with Crippen LogP contribution in [-0.4, -0.2) is 17.8 Å². The molecule has 0 unspecified atom stereocenters. The molecule has 3 rings (SSSR count). The molecule has 1 aromatic heterocycles. The fraction of sp³-hybridized carbons (Fsp3) is 0.125. The van der Waals surface area contributed by atoms with E-state index in [4.69, 9.17) is 4.74 Å². The van der Waals surface area contributed by atoms with Crippen molar-refractivity contribution >= 4 is 46.0 Å². The summed E-state index contributed by atoms with van der Waals surface area (Å²) in [4.78, 5) is 27.2. The van der Waals surface area contributed by atoms with Crippen molar-refractivity contribution in [2.75, 3.05) is 11.5 Å². The van der Waals surface area contributed by atoms with Gasteiger partial charge in [0.1, 0.15) is 5.75 Å². The van der Waals surface area contributed by atoms with Gasteiger partial charge in [-0.3, -0.25) is 9.59 Å². The van der Waals surface area contributed by atoms with E-state index in [-0.39, 0.29) is 11.1 Å². The molecule has 2 heterocycles. The number of carbonyl (C=O) groups is 2. The van der Waals surface area contributed by atoms with Crippen molar-refractivity contribution in [2.24, 2.45) is 0 Å². The van der Waals surface area contributed by atoms with Gasteiger partial charge in [0.15, 0.2) is 0 Å². The van der Waals surface area contributed by atoms with Gasteiger partial charge >= 0.3 is 0 Å². The summed E-state index contributed by atoms with van der Waals surface area (Å²) in [6, 6.07) is 10.8. The number of rotatable bonds is 4. The van der Waals surface area contributed by atoms with E-state index in [0.29, 0.717) is 22.9 Å². The molecule has 6 heteroatoms. The molecule has 1 aliphatic heterocycles. The average Bonchev–Trinajstić information content (AvgIpc) is 3.10. The first-order valence-corrected chi connectivity index (χ1v) is 8.43. The maximum absolute atomic E-state index is 12.4. The molecule has 2 aromatic rings. The third-order valence-electron chi connectivity index (χ3n) is 3.02. The van der Waals surface area contributed by atoms with E-state index >= 15 is 0 Å². The summed E-state index contributed by atoms with van der Waals surface area (Å²) in [6.45, 7) is 2.48. The molecule has 2 amide bonds. The fourth-order valence-corrected chi connectivity index (χ4v) is 3.62. The molecule has 1 fully saturated rings. The minimum atomic E-state index is -0.285. The van der Waals surface area contributed by atoms with Crippen molar-refractivity contribution in [3.63, 3.8) is 0 Å². The van der Waals surface area contributed by atoms with Gasteiger partial charge in [0, 0.05) is 4.88 Å². The largest absolute Gasteiger partial charge is 0.494 e. The van der Waals surface area contributed by atoms with E-state index in [1.54, 1.807) is 30.3 Å². The maximum atomic E-state index is 12.4. The molecule has 112 valence electrons. The van der Waals surface area contributed by atoms with Crippen LogP contribution >= 0.6 is 23.1 Å². The predicted octanol–water partition coefficient (Wildman–Crippen LogP) is 4.39. The number of ether oxygens (including phenoxy) is 1. The lowest BCUT2D eigenvalue weighted by molar-refractivity contribution is -0.113. The molecular weight excluding hydrogens is 318 g/mol. The Morgan fingerprint density at radius 2 is 1.95 bits per heavy atom. The van der Waals surface area contributed by atoms with Crippen LogP contribution in [0.4, 0.5) is 10.5 Å². The summed E-state index contributed by atoms with van der Waals surface area (Å²) in [5.74, 6) is 0.430. The van der Waals surface area contributed by atoms with Crippen LogP contribution in [0.5, 0.6) is 5.75 Å². The van der Waals surface area contributed by atoms with Crippen molar-refractivity contribution in [3.05, 3.63) is 51.6 Å². The van der Waals surface area contributed by atoms with Gasteiger partial charge in [-0.15, -0.1) is 11.3 Å². The second kappa shape index (κ2) is 6.37. The third-order valence-corrected chi connectivity index (χ3v) is 4.71. The molecule has 0 bridgehead atoms. The molecule has 22 heavy (non-hydrogen) atoms. The maximum Gasteiger partial charge on any atom is 0.298 e. The lowest BCUT2D eigenvalue weighted by Gasteiger charge is -2.13. The SMILES string of the molecule is CCOc1ccc(N2C(=O)S/C(=C/c3cccs3)C2=O)cc1. The van der Waals surface area contributed by atoms with Gasteiger partial charge in [0.05, 0.1) is 17.2 Å². The zero-order valence-corrected chi connectivity index (χ0v) is 13.4. The van der Waals surface area contributed by atoms with Crippen molar-refractivity contribution in [1.29, 1.82) is 0 Å². The summed E-state index contributed by atoms with van der Waals surface area (Å²) in [6.07, 6.45) is 1.75. The zero-order chi connectivity index (χ0) is 15.5. The summed E-state index contributed by atoms with van der Waals surface area (Å²) in [5, 5.41) is 1.65. The Bertz CT molecular complexity index is 720. The Labute approximate surface area is 136 Å². The van der Waals surface area contributed by atoms with Crippen LogP contribution in [0.2, 0.25) is 0 Å². The molecule has 0 saturated carbocycles. The zero-order valence-electron chi connectivity index (χ0n) is 11.8. The Hall–Kier alpha value is -2.05. The Morgan fingerprint density at radius 1 is 1.18 bits per heavy atom. The number of hydrogen-bond acceptors (Lipinski definition) is 5. The minimum Gasteiger partial charge on any atom is -0.494 e. The molecular formula is C16H13NO3S2. The number of benzene rings is 1. The van der Waals surface area contributed by atoms with Gasteiger partial charge < -0.3 is 4.74 Å². The van der Waals surface area contributed by atoms with E-state index in [2.05, 4.69) is 0 Å². The first-order chi connectivity index (χ1) is 10.7. The highest BCUT2D eigenvalue weighted by Gasteiger charge is 2.36. The Kier molecular flexibility index (Phi) is 4.31. The van der Waals surface area contributed by atoms with E-state index in [1.165, 1.54) is 16.2 Å². The first-order valence-electron chi connectivity index (χ1n) is 6.73. The van der Waals surface area contributed by atoms with Gasteiger partial charge in [0.25, 0.3) is 11.1 Å². The summed E-state index contributed by atoms with van der Waals surface area (Å²) < 4.78 is 5.36. The van der Waals surface area contributed by atoms with Crippen LogP contribution in [-0.2, 0) is 4.79 Å². The average molecular weight is 331 g/mol. The summed E-state index contributed by atoms with van der Waals surface area (Å²) >= 11 is 2.49. The lowest BCUT2D eigenvalue weighted by atomic mass is 10.2. The topological polar surface area (TPSA) is 46.6 Å². The number of thiophene rings is 1. The van der Waals surface area contributed by atoms with Gasteiger partial charge in [-0.25, -0.2) is 4.90 Å². The smallest absolute Gasteiger partial charge is 0.298 e. The second-order valence-electron chi connectivity index (χ2n) is 4.46. The first kappa shape index (κ1) is 14.9. The molecule has 0 N–H and O–H groups in total. The number of thioether (sulfide) groups is 1. The lowest BCUT2D eigenvalue weighted by Crippen LogP contribution is -2.27. The molecule has 4 nitrogen and oxygen atoms in total. The van der Waals surface area contributed by atoms with Gasteiger partial charge in [-0.2, -0.15) is 0 Å². The molecule has 0 aliphatic carbocycles. The number of imide groups is 1. The van der Waals surface area contributed by atoms with Crippen LogP contribution in [0, 0.1) is 0 Å². The van der Waals surface area contributed by atoms with E-state index in [1.807, 2.05) is 24.4 Å². The second-order valence-corrected chi connectivity index (χ2v) is 6.43. The molecule has 0 radical (unpaired) electrons. The number of amides is 2. The fourth-order valence-electron chi connectivity index (χ4n) is 2.05. The molecule has 1 aliphatic rings. The highest BCUT2D eigenvalue weighted by Crippen LogP contribution is 2.36. The molecule has 1 saturated heterocycles. The van der Waals surface area contributed by atoms with Crippen LogP contribution in [0.25, 0.3) is 6.08 Å². The van der Waals surface area contributed by atoms with Crippen molar-refractivity contribution in [1.82, 2.24) is 0 Å². The highest BCUT2D eigenvalue weighted by atomic mass is 32.2. The monoisotopic (exact) mass is 331 g/mol. The van der Waals surface area contributed by atoms with Crippen LogP contribution in [0.1, 0.15) is 11.8 Å². The standard InChI is InChI=1S/C16H13NO3S2/c1-2-20-12-7-5-11(6-8-12)17-15(18)14(22-16(17)19)10-13-4-3-9-21-13/h3-10H,2H2,1H3/b14-10+. The van der Waals surface area contributed by atoms with E-state index in [9.17, 15) is 9.59 Å². The van der Waals surface area contributed by atoms with Crippen LogP contribution in [0.15, 0.2) is 46.7 Å². The van der Waals surface area contributed by atoms with Crippen LogP contribution in [0.3, 0.4) is 0 Å². The number of anilines is 1. The predicted molar refractivity (Wildman–Crippen MR) is 90.4 cm³/mol. The highest BCUT2D eigenvalue weighted by molar-refractivity contribution is 8.19. The van der Waals surface area contributed by atoms with Crippen LogP contribution < -0.4 is 9.64 Å². The van der Waals surface area contributed by atoms with Gasteiger partial charge in [0.2, 0.25) is 0 Å².